The number of nitrogens with one attached hydrogen (secondary N) is 2. The lowest BCUT2D eigenvalue weighted by Gasteiger charge is -2.16. The summed E-state index contributed by atoms with van der Waals surface area (Å²) < 4.78 is 8.43. The number of benzene rings is 2. The molecule has 0 saturated heterocycles. The number of imidazole rings is 1. The Bertz CT molecular complexity index is 1460. The van der Waals surface area contributed by atoms with Crippen molar-refractivity contribution in [3.05, 3.63) is 85.5 Å². The van der Waals surface area contributed by atoms with Crippen molar-refractivity contribution < 1.29 is 9.84 Å². The van der Waals surface area contributed by atoms with Gasteiger partial charge in [-0.25, -0.2) is 10.2 Å². The highest BCUT2D eigenvalue weighted by atomic mass is 35.5. The van der Waals surface area contributed by atoms with E-state index in [0.717, 1.165) is 11.1 Å². The van der Waals surface area contributed by atoms with Crippen LogP contribution in [0.4, 0.5) is 5.95 Å². The smallest absolute Gasteiger partial charge is 0.329 e. The zero-order valence-electron chi connectivity index (χ0n) is 18.5. The molecule has 0 aliphatic heterocycles. The molecule has 1 atom stereocenters. The summed E-state index contributed by atoms with van der Waals surface area (Å²) in [7, 11) is 1.50. The summed E-state index contributed by atoms with van der Waals surface area (Å²) in [6, 6.07) is 14.5. The van der Waals surface area contributed by atoms with Crippen LogP contribution in [0.15, 0.2) is 63.2 Å². The van der Waals surface area contributed by atoms with E-state index in [-0.39, 0.29) is 30.3 Å². The lowest BCUT2D eigenvalue weighted by Crippen LogP contribution is -2.30. The molecule has 0 radical (unpaired) electrons. The second kappa shape index (κ2) is 9.94. The number of rotatable bonds is 8. The monoisotopic (exact) mass is 482 g/mol. The number of hydrogen-bond donors (Lipinski definition) is 3. The van der Waals surface area contributed by atoms with E-state index in [1.54, 1.807) is 30.5 Å². The fourth-order valence-corrected chi connectivity index (χ4v) is 3.50. The van der Waals surface area contributed by atoms with Crippen LogP contribution in [0.25, 0.3) is 11.2 Å². The van der Waals surface area contributed by atoms with Gasteiger partial charge in [0.15, 0.2) is 11.2 Å². The first-order valence-corrected chi connectivity index (χ1v) is 10.8. The van der Waals surface area contributed by atoms with Gasteiger partial charge in [-0.15, -0.1) is 0 Å². The summed E-state index contributed by atoms with van der Waals surface area (Å²) in [5.74, 6) is 0.838. The minimum absolute atomic E-state index is 0.0122. The molecule has 34 heavy (non-hydrogen) atoms. The molecule has 0 spiro atoms. The number of aliphatic hydroxyl groups excluding tert-OH is 1. The topological polar surface area (TPSA) is 127 Å². The van der Waals surface area contributed by atoms with Crippen LogP contribution in [0.2, 0.25) is 5.02 Å². The average Bonchev–Trinajstić information content (AvgIpc) is 3.17. The predicted molar refractivity (Wildman–Crippen MR) is 131 cm³/mol. The maximum Gasteiger partial charge on any atom is 0.329 e. The molecule has 176 valence electrons. The molecule has 2 heterocycles. The highest BCUT2D eigenvalue weighted by molar-refractivity contribution is 6.30. The molecule has 4 aromatic rings. The van der Waals surface area contributed by atoms with Crippen molar-refractivity contribution in [1.29, 1.82) is 0 Å². The number of para-hydroxylation sites is 1. The third-order valence-electron chi connectivity index (χ3n) is 5.17. The van der Waals surface area contributed by atoms with Crippen LogP contribution in [0.3, 0.4) is 0 Å². The second-order valence-electron chi connectivity index (χ2n) is 7.69. The van der Waals surface area contributed by atoms with Gasteiger partial charge in [0.05, 0.1) is 12.8 Å². The standard InChI is InChI=1S/C23H23ClN6O4/c1-14-5-3-4-6-18(14)34-13-17(31)12-30-19-20(29(2)23(33)27-21(19)32)26-22(30)28-25-11-15-7-9-16(24)10-8-15/h3-11,17,31H,12-13H2,1-2H3,(H,26,28)(H,27,32,33)/b25-11+/t17-/m0/s1. The van der Waals surface area contributed by atoms with E-state index in [9.17, 15) is 14.7 Å². The molecular formula is C23H23ClN6O4. The zero-order valence-corrected chi connectivity index (χ0v) is 19.3. The zero-order chi connectivity index (χ0) is 24.2. The summed E-state index contributed by atoms with van der Waals surface area (Å²) in [5, 5.41) is 15.5. The molecule has 0 aliphatic carbocycles. The maximum atomic E-state index is 12.6. The highest BCUT2D eigenvalue weighted by Gasteiger charge is 2.20. The number of aromatic amines is 1. The largest absolute Gasteiger partial charge is 0.491 e. The van der Waals surface area contributed by atoms with E-state index in [2.05, 4.69) is 20.5 Å². The van der Waals surface area contributed by atoms with Gasteiger partial charge in [0.1, 0.15) is 18.5 Å². The fraction of sp³-hybridized carbons (Fsp3) is 0.217. The van der Waals surface area contributed by atoms with Gasteiger partial charge in [0.2, 0.25) is 5.95 Å². The molecule has 3 N–H and O–H groups in total. The summed E-state index contributed by atoms with van der Waals surface area (Å²) in [5.41, 5.74) is 3.59. The Kier molecular flexibility index (Phi) is 6.80. The van der Waals surface area contributed by atoms with Crippen molar-refractivity contribution in [3.8, 4) is 5.75 Å². The van der Waals surface area contributed by atoms with E-state index in [1.807, 2.05) is 31.2 Å². The second-order valence-corrected chi connectivity index (χ2v) is 8.12. The van der Waals surface area contributed by atoms with Crippen LogP contribution in [0, 0.1) is 6.92 Å². The summed E-state index contributed by atoms with van der Waals surface area (Å²) >= 11 is 5.90. The van der Waals surface area contributed by atoms with E-state index < -0.39 is 17.4 Å². The molecule has 0 unspecified atom stereocenters. The Balaban J connectivity index is 1.62. The number of halogens is 1. The van der Waals surface area contributed by atoms with Crippen molar-refractivity contribution in [2.24, 2.45) is 12.1 Å². The van der Waals surface area contributed by atoms with Crippen LogP contribution in [0.5, 0.6) is 5.75 Å². The van der Waals surface area contributed by atoms with Crippen LogP contribution < -0.4 is 21.4 Å². The van der Waals surface area contributed by atoms with Crippen LogP contribution in [-0.2, 0) is 13.6 Å². The van der Waals surface area contributed by atoms with Crippen LogP contribution in [0.1, 0.15) is 11.1 Å². The number of ether oxygens (including phenoxy) is 1. The van der Waals surface area contributed by atoms with E-state index >= 15 is 0 Å². The number of H-pyrrole nitrogens is 1. The number of aromatic nitrogens is 4. The van der Waals surface area contributed by atoms with E-state index in [1.165, 1.54) is 16.2 Å². The Hall–Kier alpha value is -3.89. The van der Waals surface area contributed by atoms with Gasteiger partial charge in [-0.2, -0.15) is 10.1 Å². The van der Waals surface area contributed by atoms with Crippen molar-refractivity contribution in [2.45, 2.75) is 19.6 Å². The Morgan fingerprint density at radius 1 is 1.24 bits per heavy atom. The van der Waals surface area contributed by atoms with E-state index in [0.29, 0.717) is 10.8 Å². The van der Waals surface area contributed by atoms with Gasteiger partial charge >= 0.3 is 5.69 Å². The molecule has 0 bridgehead atoms. The number of aryl methyl sites for hydroxylation is 2. The minimum atomic E-state index is -0.977. The molecule has 11 heteroatoms. The van der Waals surface area contributed by atoms with Gasteiger partial charge in [0, 0.05) is 12.1 Å². The minimum Gasteiger partial charge on any atom is -0.491 e. The van der Waals surface area contributed by atoms with Gasteiger partial charge < -0.3 is 14.4 Å². The van der Waals surface area contributed by atoms with Gasteiger partial charge in [-0.05, 0) is 36.2 Å². The third-order valence-corrected chi connectivity index (χ3v) is 5.43. The van der Waals surface area contributed by atoms with Crippen molar-refractivity contribution >= 4 is 34.9 Å². The molecule has 10 nitrogen and oxygen atoms in total. The number of aliphatic hydroxyl groups is 1. The molecule has 2 aromatic carbocycles. The molecule has 4 rings (SSSR count). The van der Waals surface area contributed by atoms with Crippen LogP contribution >= 0.6 is 11.6 Å². The average molecular weight is 483 g/mol. The van der Waals surface area contributed by atoms with Gasteiger partial charge in [-0.1, -0.05) is 41.9 Å². The van der Waals surface area contributed by atoms with E-state index in [4.69, 9.17) is 16.3 Å². The molecule has 0 aliphatic rings. The number of anilines is 1. The number of hydrogen-bond acceptors (Lipinski definition) is 7. The molecule has 0 saturated carbocycles. The Morgan fingerprint density at radius 2 is 1.97 bits per heavy atom. The SMILES string of the molecule is Cc1ccccc1OC[C@@H](O)Cn1c(N/N=C/c2ccc(Cl)cc2)nc2c1c(=O)[nH]c(=O)n2C. The van der Waals surface area contributed by atoms with Crippen molar-refractivity contribution in [2.75, 3.05) is 12.0 Å². The lowest BCUT2D eigenvalue weighted by molar-refractivity contribution is 0.0935. The number of nitrogens with zero attached hydrogens (tertiary/aromatic N) is 4. The number of fused-ring (bicyclic) bond motifs is 1. The maximum absolute atomic E-state index is 12.6. The first-order chi connectivity index (χ1) is 16.3. The summed E-state index contributed by atoms with van der Waals surface area (Å²) in [4.78, 5) is 31.3. The summed E-state index contributed by atoms with van der Waals surface area (Å²) in [6.07, 6.45) is 0.579. The van der Waals surface area contributed by atoms with Gasteiger partial charge in [0.25, 0.3) is 5.56 Å². The summed E-state index contributed by atoms with van der Waals surface area (Å²) in [6.45, 7) is 1.87. The van der Waals surface area contributed by atoms with Crippen LogP contribution in [-0.4, -0.2) is 43.1 Å². The Morgan fingerprint density at radius 3 is 2.71 bits per heavy atom. The Labute approximate surface area is 199 Å². The fourth-order valence-electron chi connectivity index (χ4n) is 3.38. The normalized spacial score (nSPS) is 12.4. The molecule has 0 fully saturated rings. The highest BCUT2D eigenvalue weighted by Crippen LogP contribution is 2.19. The van der Waals surface area contributed by atoms with Crippen molar-refractivity contribution in [1.82, 2.24) is 19.1 Å². The lowest BCUT2D eigenvalue weighted by atomic mass is 10.2. The molecule has 0 amide bonds. The van der Waals surface area contributed by atoms with Crippen molar-refractivity contribution in [3.63, 3.8) is 0 Å². The number of hydrazone groups is 1. The molecule has 2 aromatic heterocycles. The quantitative estimate of drug-likeness (QED) is 0.261. The third kappa shape index (κ3) is 5.03. The first kappa shape index (κ1) is 23.3. The first-order valence-electron chi connectivity index (χ1n) is 10.4. The predicted octanol–water partition coefficient (Wildman–Crippen LogP) is 2.27. The van der Waals surface area contributed by atoms with Gasteiger partial charge in [-0.3, -0.25) is 14.3 Å². The molecular weight excluding hydrogens is 460 g/mol.